The van der Waals surface area contributed by atoms with E-state index in [1.807, 2.05) is 49.5 Å². The van der Waals surface area contributed by atoms with Crippen LogP contribution in [0.5, 0.6) is 11.5 Å². The molecule has 0 aliphatic carbocycles. The fourth-order valence-corrected chi connectivity index (χ4v) is 2.99. The van der Waals surface area contributed by atoms with Gasteiger partial charge in [-0.2, -0.15) is 0 Å². The number of rotatable bonds is 5. The normalized spacial score (nSPS) is 11.9. The van der Waals surface area contributed by atoms with E-state index in [1.165, 1.54) is 5.56 Å². The molecule has 3 aromatic carbocycles. The van der Waals surface area contributed by atoms with Gasteiger partial charge in [0, 0.05) is 30.5 Å². The van der Waals surface area contributed by atoms with Crippen molar-refractivity contribution in [2.24, 2.45) is 0 Å². The molecule has 0 aromatic heterocycles. The second kappa shape index (κ2) is 7.41. The number of nitrogens with zero attached hydrogens (tertiary/aromatic N) is 1. The molecule has 136 valence electrons. The molecule has 3 aromatic rings. The molecular weight excluding hydrogens is 340 g/mol. The van der Waals surface area contributed by atoms with E-state index in [2.05, 4.69) is 22.3 Å². The molecular formula is C22H20N2O3. The summed E-state index contributed by atoms with van der Waals surface area (Å²) in [7, 11) is 2.05. The number of anilines is 2. The maximum Gasteiger partial charge on any atom is 0.255 e. The fourth-order valence-electron chi connectivity index (χ4n) is 2.99. The summed E-state index contributed by atoms with van der Waals surface area (Å²) in [5, 5.41) is 2.91. The van der Waals surface area contributed by atoms with Crippen LogP contribution in [0.4, 0.5) is 11.4 Å². The molecule has 0 saturated carbocycles. The first-order chi connectivity index (χ1) is 13.2. The van der Waals surface area contributed by atoms with Crippen molar-refractivity contribution in [3.63, 3.8) is 0 Å². The summed E-state index contributed by atoms with van der Waals surface area (Å²) >= 11 is 0. The summed E-state index contributed by atoms with van der Waals surface area (Å²) in [5.74, 6) is 1.08. The van der Waals surface area contributed by atoms with Crippen LogP contribution < -0.4 is 19.7 Å². The molecule has 1 aliphatic rings. The molecule has 1 amide bonds. The van der Waals surface area contributed by atoms with E-state index in [0.717, 1.165) is 17.9 Å². The zero-order chi connectivity index (χ0) is 18.6. The lowest BCUT2D eigenvalue weighted by Crippen LogP contribution is -2.16. The number of ether oxygens (including phenoxy) is 2. The maximum atomic E-state index is 12.5. The smallest absolute Gasteiger partial charge is 0.255 e. The van der Waals surface area contributed by atoms with Gasteiger partial charge in [-0.05, 0) is 48.0 Å². The summed E-state index contributed by atoms with van der Waals surface area (Å²) in [5.41, 5.74) is 3.61. The number of nitrogens with one attached hydrogen (secondary N) is 1. The maximum absolute atomic E-state index is 12.5. The van der Waals surface area contributed by atoms with Crippen LogP contribution in [0.3, 0.4) is 0 Å². The average Bonchev–Trinajstić information content (AvgIpc) is 3.17. The first-order valence-electron chi connectivity index (χ1n) is 8.75. The van der Waals surface area contributed by atoms with Crippen LogP contribution in [-0.2, 0) is 6.54 Å². The van der Waals surface area contributed by atoms with Gasteiger partial charge < -0.3 is 19.7 Å². The monoisotopic (exact) mass is 360 g/mol. The topological polar surface area (TPSA) is 50.8 Å². The van der Waals surface area contributed by atoms with Crippen molar-refractivity contribution in [2.45, 2.75) is 6.54 Å². The first kappa shape index (κ1) is 17.0. The standard InChI is InChI=1S/C22H20N2O3/c1-24(14-16-5-3-2-4-6-16)19-10-8-18(9-11-19)23-22(25)17-7-12-20-21(13-17)27-15-26-20/h2-13H,14-15H2,1H3,(H,23,25). The van der Waals surface area contributed by atoms with Gasteiger partial charge in [0.25, 0.3) is 5.91 Å². The Bertz CT molecular complexity index is 940. The van der Waals surface area contributed by atoms with Gasteiger partial charge >= 0.3 is 0 Å². The third-order valence-corrected chi connectivity index (χ3v) is 4.46. The first-order valence-corrected chi connectivity index (χ1v) is 8.75. The predicted octanol–water partition coefficient (Wildman–Crippen LogP) is 4.30. The highest BCUT2D eigenvalue weighted by Gasteiger charge is 2.16. The molecule has 5 nitrogen and oxygen atoms in total. The minimum atomic E-state index is -0.182. The Kier molecular flexibility index (Phi) is 4.66. The van der Waals surface area contributed by atoms with Crippen molar-refractivity contribution < 1.29 is 14.3 Å². The van der Waals surface area contributed by atoms with Crippen molar-refractivity contribution in [2.75, 3.05) is 24.1 Å². The Morgan fingerprint density at radius 2 is 1.70 bits per heavy atom. The predicted molar refractivity (Wildman–Crippen MR) is 106 cm³/mol. The Morgan fingerprint density at radius 3 is 2.48 bits per heavy atom. The minimum Gasteiger partial charge on any atom is -0.454 e. The number of amides is 1. The molecule has 0 saturated heterocycles. The van der Waals surface area contributed by atoms with Crippen molar-refractivity contribution >= 4 is 17.3 Å². The molecule has 0 spiro atoms. The Balaban J connectivity index is 1.41. The van der Waals surface area contributed by atoms with Gasteiger partial charge in [-0.25, -0.2) is 0 Å². The summed E-state index contributed by atoms with van der Waals surface area (Å²) in [6, 6.07) is 23.3. The van der Waals surface area contributed by atoms with Gasteiger partial charge in [0.05, 0.1) is 0 Å². The highest BCUT2D eigenvalue weighted by atomic mass is 16.7. The zero-order valence-corrected chi connectivity index (χ0v) is 15.0. The summed E-state index contributed by atoms with van der Waals surface area (Å²) < 4.78 is 10.6. The van der Waals surface area contributed by atoms with E-state index < -0.39 is 0 Å². The van der Waals surface area contributed by atoms with Gasteiger partial charge in [-0.1, -0.05) is 30.3 Å². The molecule has 0 fully saturated rings. The van der Waals surface area contributed by atoms with Crippen molar-refractivity contribution in [1.29, 1.82) is 0 Å². The third-order valence-electron chi connectivity index (χ3n) is 4.46. The lowest BCUT2D eigenvalue weighted by Gasteiger charge is -2.19. The van der Waals surface area contributed by atoms with E-state index in [4.69, 9.17) is 9.47 Å². The van der Waals surface area contributed by atoms with Crippen LogP contribution in [0.1, 0.15) is 15.9 Å². The van der Waals surface area contributed by atoms with Gasteiger partial charge in [0.15, 0.2) is 11.5 Å². The van der Waals surface area contributed by atoms with Crippen LogP contribution in [0, 0.1) is 0 Å². The molecule has 0 atom stereocenters. The summed E-state index contributed by atoms with van der Waals surface area (Å²) in [6.45, 7) is 1.02. The number of benzene rings is 3. The van der Waals surface area contributed by atoms with Crippen molar-refractivity contribution in [3.05, 3.63) is 83.9 Å². The number of hydrogen-bond acceptors (Lipinski definition) is 4. The van der Waals surface area contributed by atoms with E-state index in [0.29, 0.717) is 17.1 Å². The van der Waals surface area contributed by atoms with Gasteiger partial charge in [-0.3, -0.25) is 4.79 Å². The van der Waals surface area contributed by atoms with Crippen molar-refractivity contribution in [3.8, 4) is 11.5 Å². The molecule has 4 rings (SSSR count). The van der Waals surface area contributed by atoms with E-state index >= 15 is 0 Å². The average molecular weight is 360 g/mol. The van der Waals surface area contributed by atoms with Gasteiger partial charge in [-0.15, -0.1) is 0 Å². The minimum absolute atomic E-state index is 0.182. The fraction of sp³-hybridized carbons (Fsp3) is 0.136. The number of carbonyl (C=O) groups excluding carboxylic acids is 1. The summed E-state index contributed by atoms with van der Waals surface area (Å²) in [6.07, 6.45) is 0. The lowest BCUT2D eigenvalue weighted by molar-refractivity contribution is 0.102. The Morgan fingerprint density at radius 1 is 0.963 bits per heavy atom. The number of hydrogen-bond donors (Lipinski definition) is 1. The van der Waals surface area contributed by atoms with Gasteiger partial charge in [0.1, 0.15) is 0 Å². The molecule has 1 N–H and O–H groups in total. The van der Waals surface area contributed by atoms with Crippen LogP contribution in [-0.4, -0.2) is 19.7 Å². The number of carbonyl (C=O) groups is 1. The van der Waals surface area contributed by atoms with Crippen molar-refractivity contribution in [1.82, 2.24) is 0 Å². The van der Waals surface area contributed by atoms with Crippen LogP contribution >= 0.6 is 0 Å². The Labute approximate surface area is 158 Å². The molecule has 1 aliphatic heterocycles. The van der Waals surface area contributed by atoms with Crippen LogP contribution in [0.15, 0.2) is 72.8 Å². The van der Waals surface area contributed by atoms with Crippen LogP contribution in [0.2, 0.25) is 0 Å². The molecule has 0 bridgehead atoms. The Hall–Kier alpha value is -3.47. The SMILES string of the molecule is CN(Cc1ccccc1)c1ccc(NC(=O)c2ccc3c(c2)OCO3)cc1. The molecule has 1 heterocycles. The summed E-state index contributed by atoms with van der Waals surface area (Å²) in [4.78, 5) is 14.6. The van der Waals surface area contributed by atoms with Crippen LogP contribution in [0.25, 0.3) is 0 Å². The van der Waals surface area contributed by atoms with Gasteiger partial charge in [0.2, 0.25) is 6.79 Å². The molecule has 5 heteroatoms. The molecule has 27 heavy (non-hydrogen) atoms. The second-order valence-corrected chi connectivity index (χ2v) is 6.41. The highest BCUT2D eigenvalue weighted by molar-refractivity contribution is 6.04. The lowest BCUT2D eigenvalue weighted by atomic mass is 10.1. The van der Waals surface area contributed by atoms with E-state index in [-0.39, 0.29) is 12.7 Å². The molecule has 0 radical (unpaired) electrons. The highest BCUT2D eigenvalue weighted by Crippen LogP contribution is 2.32. The largest absolute Gasteiger partial charge is 0.454 e. The quantitative estimate of drug-likeness (QED) is 0.737. The molecule has 0 unspecified atom stereocenters. The zero-order valence-electron chi connectivity index (χ0n) is 15.0. The number of fused-ring (bicyclic) bond motifs is 1. The second-order valence-electron chi connectivity index (χ2n) is 6.41. The third kappa shape index (κ3) is 3.87. The van der Waals surface area contributed by atoms with E-state index in [1.54, 1.807) is 18.2 Å². The van der Waals surface area contributed by atoms with E-state index in [9.17, 15) is 4.79 Å².